The van der Waals surface area contributed by atoms with E-state index in [0.717, 1.165) is 39.1 Å². The molecule has 2 aromatic heterocycles. The fraction of sp³-hybridized carbons (Fsp3) is 0.368. The highest BCUT2D eigenvalue weighted by molar-refractivity contribution is 7.15. The van der Waals surface area contributed by atoms with Crippen molar-refractivity contribution in [1.29, 1.82) is 0 Å². The summed E-state index contributed by atoms with van der Waals surface area (Å²) in [6, 6.07) is 0. The smallest absolute Gasteiger partial charge is 0.239 e. The molecule has 1 fully saturated rings. The van der Waals surface area contributed by atoms with E-state index < -0.39 is 5.41 Å². The summed E-state index contributed by atoms with van der Waals surface area (Å²) in [5.41, 5.74) is 2.64. The van der Waals surface area contributed by atoms with Crippen LogP contribution in [0.25, 0.3) is 5.57 Å². The molecule has 1 aliphatic heterocycles. The number of fused-ring (bicyclic) bond motifs is 1. The highest BCUT2D eigenvalue weighted by atomic mass is 32.1. The van der Waals surface area contributed by atoms with Crippen LogP contribution in [0.4, 0.5) is 5.13 Å². The van der Waals surface area contributed by atoms with Crippen LogP contribution < -0.4 is 4.90 Å². The van der Waals surface area contributed by atoms with Crippen molar-refractivity contribution in [3.05, 3.63) is 52.7 Å². The van der Waals surface area contributed by atoms with Crippen LogP contribution in [-0.4, -0.2) is 20.9 Å². The quantitative estimate of drug-likeness (QED) is 0.822. The number of aromatic nitrogens is 3. The first-order chi connectivity index (χ1) is 11.9. The zero-order valence-corrected chi connectivity index (χ0v) is 15.6. The highest BCUT2D eigenvalue weighted by Crippen LogP contribution is 2.50. The summed E-state index contributed by atoms with van der Waals surface area (Å²) >= 11 is 1.55. The third-order valence-corrected chi connectivity index (χ3v) is 5.93. The second-order valence-electron chi connectivity index (χ2n) is 7.15. The Labute approximate surface area is 151 Å². The number of hydrogen-bond donors (Lipinski definition) is 0. The summed E-state index contributed by atoms with van der Waals surface area (Å²) in [6.45, 7) is 7.94. The third kappa shape index (κ3) is 2.52. The molecule has 3 heterocycles. The lowest BCUT2D eigenvalue weighted by Crippen LogP contribution is -2.31. The molecule has 2 aliphatic rings. The fourth-order valence-corrected chi connectivity index (χ4v) is 4.29. The fourth-order valence-electron chi connectivity index (χ4n) is 3.51. The minimum absolute atomic E-state index is 0.118. The summed E-state index contributed by atoms with van der Waals surface area (Å²) in [4.78, 5) is 29.0. The Kier molecular flexibility index (Phi) is 3.61. The van der Waals surface area contributed by atoms with Crippen molar-refractivity contribution in [3.8, 4) is 0 Å². The van der Waals surface area contributed by atoms with Gasteiger partial charge < -0.3 is 0 Å². The minimum atomic E-state index is -0.433. The molecule has 1 saturated heterocycles. The zero-order chi connectivity index (χ0) is 17.8. The van der Waals surface area contributed by atoms with E-state index in [1.54, 1.807) is 11.3 Å². The maximum Gasteiger partial charge on any atom is 0.239 e. The van der Waals surface area contributed by atoms with E-state index in [0.29, 0.717) is 0 Å². The number of nitrogens with zero attached hydrogens (tertiary/aromatic N) is 4. The Hall–Kier alpha value is -2.34. The number of rotatable bonds is 2. The maximum atomic E-state index is 13.1. The molecule has 0 radical (unpaired) electrons. The van der Waals surface area contributed by atoms with Crippen LogP contribution in [0.2, 0.25) is 0 Å². The van der Waals surface area contributed by atoms with Crippen LogP contribution in [0.3, 0.4) is 0 Å². The Morgan fingerprint density at radius 2 is 1.88 bits per heavy atom. The topological polar surface area (TPSA) is 59.0 Å². The van der Waals surface area contributed by atoms with E-state index in [2.05, 4.69) is 27.1 Å². The lowest BCUT2D eigenvalue weighted by molar-refractivity contribution is -0.125. The van der Waals surface area contributed by atoms with Crippen molar-refractivity contribution in [2.75, 3.05) is 4.90 Å². The molecule has 1 amide bonds. The van der Waals surface area contributed by atoms with Crippen LogP contribution in [0, 0.1) is 25.2 Å². The number of carbonyl (C=O) groups is 1. The second-order valence-corrected chi connectivity index (χ2v) is 8.36. The van der Waals surface area contributed by atoms with Gasteiger partial charge in [-0.3, -0.25) is 9.69 Å². The van der Waals surface area contributed by atoms with Crippen molar-refractivity contribution < 1.29 is 4.79 Å². The standard InChI is InChI=1S/C19H20N4OS/c1-11-8-22-18(25-11)23-16-7-13(14-9-20-12(2)21-10-14)5-6-15(16)19(3,4)17(23)24/h5,7-10,15H,6H2,1-4H3. The van der Waals surface area contributed by atoms with Crippen LogP contribution in [0.15, 0.2) is 36.4 Å². The highest BCUT2D eigenvalue weighted by Gasteiger charge is 2.52. The van der Waals surface area contributed by atoms with Crippen LogP contribution in [0.5, 0.6) is 0 Å². The monoisotopic (exact) mass is 352 g/mol. The molecule has 5 nitrogen and oxygen atoms in total. The van der Waals surface area contributed by atoms with E-state index in [4.69, 9.17) is 0 Å². The first-order valence-electron chi connectivity index (χ1n) is 8.35. The Bertz CT molecular complexity index is 908. The molecule has 2 aromatic rings. The van der Waals surface area contributed by atoms with Gasteiger partial charge in [0.15, 0.2) is 5.13 Å². The molecule has 0 N–H and O–H groups in total. The number of thiazole rings is 1. The summed E-state index contributed by atoms with van der Waals surface area (Å²) < 4.78 is 0. The SMILES string of the molecule is Cc1ncc(C2=CCC3C(=C2)N(c2ncc(C)s2)C(=O)C3(C)C)cn1. The molecule has 0 spiro atoms. The summed E-state index contributed by atoms with van der Waals surface area (Å²) in [5, 5.41) is 0.755. The van der Waals surface area contributed by atoms with Gasteiger partial charge in [-0.2, -0.15) is 0 Å². The van der Waals surface area contributed by atoms with Gasteiger partial charge in [0, 0.05) is 40.6 Å². The number of allylic oxidation sites excluding steroid dienone is 4. The van der Waals surface area contributed by atoms with Gasteiger partial charge in [-0.05, 0) is 31.9 Å². The van der Waals surface area contributed by atoms with E-state index in [-0.39, 0.29) is 11.8 Å². The normalized spacial score (nSPS) is 21.8. The molecule has 1 unspecified atom stereocenters. The predicted octanol–water partition coefficient (Wildman–Crippen LogP) is 3.91. The van der Waals surface area contributed by atoms with Crippen LogP contribution in [0.1, 0.15) is 36.5 Å². The average molecular weight is 352 g/mol. The second kappa shape index (κ2) is 5.59. The molecule has 0 bridgehead atoms. The van der Waals surface area contributed by atoms with Crippen molar-refractivity contribution in [2.45, 2.75) is 34.1 Å². The Morgan fingerprint density at radius 3 is 2.52 bits per heavy atom. The lowest BCUT2D eigenvalue weighted by atomic mass is 9.75. The summed E-state index contributed by atoms with van der Waals surface area (Å²) in [5.74, 6) is 1.04. The maximum absolute atomic E-state index is 13.1. The molecule has 1 atom stereocenters. The Balaban J connectivity index is 1.79. The van der Waals surface area contributed by atoms with Gasteiger partial charge in [-0.1, -0.05) is 19.9 Å². The number of amides is 1. The molecule has 6 heteroatoms. The van der Waals surface area contributed by atoms with Crippen LogP contribution in [-0.2, 0) is 4.79 Å². The molecule has 25 heavy (non-hydrogen) atoms. The summed E-state index contributed by atoms with van der Waals surface area (Å²) in [7, 11) is 0. The largest absolute Gasteiger partial charge is 0.273 e. The predicted molar refractivity (Wildman–Crippen MR) is 99.1 cm³/mol. The number of anilines is 1. The number of hydrogen-bond acceptors (Lipinski definition) is 5. The van der Waals surface area contributed by atoms with E-state index >= 15 is 0 Å². The average Bonchev–Trinajstić information content (AvgIpc) is 3.08. The van der Waals surface area contributed by atoms with Crippen molar-refractivity contribution in [2.24, 2.45) is 11.3 Å². The Morgan fingerprint density at radius 1 is 1.16 bits per heavy atom. The van der Waals surface area contributed by atoms with Gasteiger partial charge in [0.25, 0.3) is 0 Å². The minimum Gasteiger partial charge on any atom is -0.273 e. The zero-order valence-electron chi connectivity index (χ0n) is 14.8. The van der Waals surface area contributed by atoms with E-state index in [9.17, 15) is 4.79 Å². The van der Waals surface area contributed by atoms with Gasteiger partial charge in [0.05, 0.1) is 5.41 Å². The molecular weight excluding hydrogens is 332 g/mol. The van der Waals surface area contributed by atoms with Crippen molar-refractivity contribution in [3.63, 3.8) is 0 Å². The van der Waals surface area contributed by atoms with Gasteiger partial charge in [-0.15, -0.1) is 11.3 Å². The van der Waals surface area contributed by atoms with Gasteiger partial charge in [0.2, 0.25) is 5.91 Å². The molecule has 0 saturated carbocycles. The van der Waals surface area contributed by atoms with Crippen molar-refractivity contribution in [1.82, 2.24) is 15.0 Å². The number of carbonyl (C=O) groups excluding carboxylic acids is 1. The first-order valence-corrected chi connectivity index (χ1v) is 9.17. The number of aryl methyl sites for hydroxylation is 2. The molecule has 128 valence electrons. The lowest BCUT2D eigenvalue weighted by Gasteiger charge is -2.25. The molecule has 1 aliphatic carbocycles. The first kappa shape index (κ1) is 16.1. The van der Waals surface area contributed by atoms with Crippen LogP contribution >= 0.6 is 11.3 Å². The van der Waals surface area contributed by atoms with Gasteiger partial charge in [0.1, 0.15) is 5.82 Å². The van der Waals surface area contributed by atoms with E-state index in [1.165, 1.54) is 0 Å². The summed E-state index contributed by atoms with van der Waals surface area (Å²) in [6.07, 6.45) is 10.6. The van der Waals surface area contributed by atoms with Crippen molar-refractivity contribution >= 4 is 27.9 Å². The molecule has 4 rings (SSSR count). The van der Waals surface area contributed by atoms with Gasteiger partial charge in [-0.25, -0.2) is 15.0 Å². The van der Waals surface area contributed by atoms with Gasteiger partial charge >= 0.3 is 0 Å². The van der Waals surface area contributed by atoms with E-state index in [1.807, 2.05) is 51.2 Å². The molecular formula is C19H20N4OS. The molecule has 0 aromatic carbocycles. The third-order valence-electron chi connectivity index (χ3n) is 5.03.